The minimum absolute atomic E-state index is 0. The fraction of sp³-hybridized carbons (Fsp3) is 0.944. The van der Waals surface area contributed by atoms with E-state index in [9.17, 15) is 30.0 Å². The fourth-order valence-electron chi connectivity index (χ4n) is 5.30. The largest absolute Gasteiger partial charge is 2.00 e. The van der Waals surface area contributed by atoms with Crippen molar-refractivity contribution >= 4 is 60.8 Å². The normalized spacial score (nSPS) is 12.2. The van der Waals surface area contributed by atoms with E-state index < -0.39 is 11.9 Å². The van der Waals surface area contributed by atoms with Crippen molar-refractivity contribution in [1.82, 2.24) is 0 Å². The number of carboxylic acids is 2. The zero-order valence-electron chi connectivity index (χ0n) is 28.6. The van der Waals surface area contributed by atoms with Crippen LogP contribution < -0.4 is 10.2 Å². The Balaban J connectivity index is -0.000000727. The van der Waals surface area contributed by atoms with Crippen LogP contribution in [-0.2, 0) is 9.59 Å². The third kappa shape index (κ3) is 47.0. The minimum Gasteiger partial charge on any atom is -0.550 e. The number of aliphatic hydroxyl groups excluding tert-OH is 2. The van der Waals surface area contributed by atoms with Gasteiger partial charge in [0.05, 0.1) is 12.2 Å². The maximum atomic E-state index is 10.2. The summed E-state index contributed by atoms with van der Waals surface area (Å²) in [4.78, 5) is 20.5. The first-order valence-corrected chi connectivity index (χ1v) is 18.1. The summed E-state index contributed by atoms with van der Waals surface area (Å²) >= 11 is 0. The molecular weight excluding hydrogens is 666 g/mol. The van der Waals surface area contributed by atoms with E-state index in [2.05, 4.69) is 13.8 Å². The molecule has 7 heteroatoms. The fourth-order valence-corrected chi connectivity index (χ4v) is 5.30. The molecule has 0 heterocycles. The van der Waals surface area contributed by atoms with Crippen LogP contribution in [0.1, 0.15) is 206 Å². The van der Waals surface area contributed by atoms with Gasteiger partial charge in [-0.1, -0.05) is 155 Å². The summed E-state index contributed by atoms with van der Waals surface area (Å²) in [5, 5.41) is 39.9. The van der Waals surface area contributed by atoms with Gasteiger partial charge in [-0.05, 0) is 51.4 Å². The standard InChI is InChI=1S/2C18H36O3.Ba/c2*1-2-3-14-17(19)15-12-10-8-6-4-5-7-9-11-13-16-18(20)21;/h2*17,19H,2-16H2,1H3,(H,20,21);/q;;+2/p-2. The molecule has 0 bridgehead atoms. The zero-order valence-corrected chi connectivity index (χ0v) is 33.0. The van der Waals surface area contributed by atoms with Crippen molar-refractivity contribution in [1.29, 1.82) is 0 Å². The molecule has 0 aromatic rings. The molecule has 252 valence electrons. The van der Waals surface area contributed by atoms with E-state index in [-0.39, 0.29) is 73.9 Å². The van der Waals surface area contributed by atoms with Gasteiger partial charge in [0, 0.05) is 11.9 Å². The first kappa shape index (κ1) is 47.8. The molecule has 2 atom stereocenters. The molecule has 0 saturated carbocycles. The SMILES string of the molecule is CCCCC(O)CCCCCCCCCCCCC(=O)[O-].CCCCC(O)CCCCCCCCCCCCC(=O)[O-].[Ba+2]. The number of rotatable bonds is 32. The summed E-state index contributed by atoms with van der Waals surface area (Å²) < 4.78 is 0. The van der Waals surface area contributed by atoms with E-state index in [4.69, 9.17) is 0 Å². The first-order chi connectivity index (χ1) is 20.3. The average Bonchev–Trinajstić information content (AvgIpc) is 2.96. The smallest absolute Gasteiger partial charge is 0.550 e. The second-order valence-corrected chi connectivity index (χ2v) is 12.5. The second-order valence-electron chi connectivity index (χ2n) is 12.5. The molecule has 0 aromatic carbocycles. The van der Waals surface area contributed by atoms with Crippen molar-refractivity contribution < 1.29 is 30.0 Å². The van der Waals surface area contributed by atoms with Crippen molar-refractivity contribution in [2.24, 2.45) is 0 Å². The molecule has 2 N–H and O–H groups in total. The Morgan fingerprint density at radius 2 is 0.628 bits per heavy atom. The molecule has 0 aliphatic carbocycles. The van der Waals surface area contributed by atoms with Crippen LogP contribution in [0.4, 0.5) is 0 Å². The second kappa shape index (κ2) is 40.5. The number of hydrogen-bond donors (Lipinski definition) is 2. The van der Waals surface area contributed by atoms with Crippen molar-refractivity contribution in [3.63, 3.8) is 0 Å². The minimum atomic E-state index is -0.921. The maximum absolute atomic E-state index is 10.2. The first-order valence-electron chi connectivity index (χ1n) is 18.1. The van der Waals surface area contributed by atoms with E-state index in [0.29, 0.717) is 0 Å². The Bertz CT molecular complexity index is 512. The number of unbranched alkanes of at least 4 members (excludes halogenated alkanes) is 20. The van der Waals surface area contributed by atoms with Crippen LogP contribution in [0, 0.1) is 0 Å². The van der Waals surface area contributed by atoms with Gasteiger partial charge in [0.2, 0.25) is 0 Å². The quantitative estimate of drug-likeness (QED) is 0.0544. The molecule has 0 radical (unpaired) electrons. The van der Waals surface area contributed by atoms with E-state index in [1.807, 2.05) is 0 Å². The zero-order chi connectivity index (χ0) is 31.5. The predicted molar refractivity (Wildman–Crippen MR) is 178 cm³/mol. The maximum Gasteiger partial charge on any atom is 2.00 e. The van der Waals surface area contributed by atoms with Crippen molar-refractivity contribution in [3.8, 4) is 0 Å². The summed E-state index contributed by atoms with van der Waals surface area (Å²) in [5.41, 5.74) is 0. The van der Waals surface area contributed by atoms with Crippen LogP contribution in [0.25, 0.3) is 0 Å². The molecule has 0 saturated heterocycles. The van der Waals surface area contributed by atoms with E-state index >= 15 is 0 Å². The van der Waals surface area contributed by atoms with Gasteiger partial charge < -0.3 is 30.0 Å². The number of aliphatic carboxylic acids is 2. The Hall–Kier alpha value is 0.431. The Kier molecular flexibility index (Phi) is 45.0. The molecular formula is C36H70BaO6. The third-order valence-corrected chi connectivity index (χ3v) is 8.12. The molecule has 0 aliphatic rings. The van der Waals surface area contributed by atoms with Gasteiger partial charge in [-0.3, -0.25) is 0 Å². The van der Waals surface area contributed by atoms with Gasteiger partial charge >= 0.3 is 48.9 Å². The van der Waals surface area contributed by atoms with Gasteiger partial charge in [-0.15, -0.1) is 0 Å². The average molecular weight is 736 g/mol. The van der Waals surface area contributed by atoms with E-state index in [0.717, 1.165) is 89.9 Å². The topological polar surface area (TPSA) is 121 Å². The summed E-state index contributed by atoms with van der Waals surface area (Å²) in [7, 11) is 0. The number of carboxylic acid groups (broad SMARTS) is 2. The molecule has 0 aliphatic heterocycles. The number of hydrogen-bond acceptors (Lipinski definition) is 6. The molecule has 0 fully saturated rings. The van der Waals surface area contributed by atoms with Gasteiger partial charge in [-0.25, -0.2) is 0 Å². The Morgan fingerprint density at radius 3 is 0.860 bits per heavy atom. The van der Waals surface area contributed by atoms with Crippen LogP contribution in [0.2, 0.25) is 0 Å². The van der Waals surface area contributed by atoms with Gasteiger partial charge in [0.1, 0.15) is 0 Å². The number of carbonyl (C=O) groups is 2. The summed E-state index contributed by atoms with van der Waals surface area (Å²) in [6.07, 6.45) is 32.2. The molecule has 0 amide bonds. The monoisotopic (exact) mass is 736 g/mol. The molecule has 6 nitrogen and oxygen atoms in total. The predicted octanol–water partition coefficient (Wildman–Crippen LogP) is 7.56. The van der Waals surface area contributed by atoms with E-state index in [1.165, 1.54) is 89.9 Å². The van der Waals surface area contributed by atoms with Gasteiger partial charge in [0.25, 0.3) is 0 Å². The molecule has 0 rings (SSSR count). The van der Waals surface area contributed by atoms with Crippen LogP contribution >= 0.6 is 0 Å². The number of aliphatic hydroxyl groups is 2. The summed E-state index contributed by atoms with van der Waals surface area (Å²) in [6.45, 7) is 4.33. The number of carbonyl (C=O) groups excluding carboxylic acids is 2. The van der Waals surface area contributed by atoms with Gasteiger partial charge in [0.15, 0.2) is 0 Å². The van der Waals surface area contributed by atoms with Crippen LogP contribution in [0.5, 0.6) is 0 Å². The summed E-state index contributed by atoms with van der Waals surface area (Å²) in [5.74, 6) is -1.84. The van der Waals surface area contributed by atoms with Crippen molar-refractivity contribution in [3.05, 3.63) is 0 Å². The molecule has 43 heavy (non-hydrogen) atoms. The van der Waals surface area contributed by atoms with Crippen molar-refractivity contribution in [2.75, 3.05) is 0 Å². The third-order valence-electron chi connectivity index (χ3n) is 8.12. The van der Waals surface area contributed by atoms with Crippen molar-refractivity contribution in [2.45, 2.75) is 219 Å². The summed E-state index contributed by atoms with van der Waals surface area (Å²) in [6, 6.07) is 0. The van der Waals surface area contributed by atoms with Crippen LogP contribution in [-0.4, -0.2) is 83.2 Å². The Morgan fingerprint density at radius 1 is 0.419 bits per heavy atom. The van der Waals surface area contributed by atoms with Gasteiger partial charge in [-0.2, -0.15) is 0 Å². The van der Waals surface area contributed by atoms with Crippen LogP contribution in [0.3, 0.4) is 0 Å². The Labute approximate surface area is 307 Å². The molecule has 2 unspecified atom stereocenters. The molecule has 0 spiro atoms. The van der Waals surface area contributed by atoms with Crippen LogP contribution in [0.15, 0.2) is 0 Å². The van der Waals surface area contributed by atoms with E-state index in [1.54, 1.807) is 0 Å². The molecule has 0 aromatic heterocycles.